The van der Waals surface area contributed by atoms with Crippen LogP contribution in [0.4, 0.5) is 0 Å². The first-order chi connectivity index (χ1) is 9.39. The molecule has 1 aromatic rings. The smallest absolute Gasteiger partial charge is 0.269 e. The first kappa shape index (κ1) is 16.7. The molecule has 20 heavy (non-hydrogen) atoms. The van der Waals surface area contributed by atoms with Gasteiger partial charge in [0.25, 0.3) is 5.91 Å². The summed E-state index contributed by atoms with van der Waals surface area (Å²) in [4.78, 5) is 12.2. The Morgan fingerprint density at radius 2 is 2.05 bits per heavy atom. The number of amides is 1. The number of carbonyl (C=O) groups excluding carboxylic acids is 1. The molecule has 0 saturated heterocycles. The Labute approximate surface area is 121 Å². The van der Waals surface area contributed by atoms with E-state index in [0.29, 0.717) is 18.2 Å². The molecule has 1 aromatic heterocycles. The maximum atomic E-state index is 12.2. The van der Waals surface area contributed by atoms with Gasteiger partial charge in [-0.2, -0.15) is 5.10 Å². The number of carbonyl (C=O) groups is 1. The van der Waals surface area contributed by atoms with Crippen LogP contribution in [-0.2, 0) is 7.05 Å². The highest BCUT2D eigenvalue weighted by atomic mass is 16.3. The molecule has 0 unspecified atom stereocenters. The van der Waals surface area contributed by atoms with Crippen LogP contribution < -0.4 is 5.32 Å². The molecule has 0 spiro atoms. The molecule has 0 aliphatic heterocycles. The fourth-order valence-corrected chi connectivity index (χ4v) is 2.12. The molecule has 0 atom stereocenters. The summed E-state index contributed by atoms with van der Waals surface area (Å²) in [5.74, 6) is 0.164. The SMILES string of the molecule is CCC(CC)(CO)CNC(=O)c1cc(C(C)C)nn1C. The van der Waals surface area contributed by atoms with Crippen LogP contribution >= 0.6 is 0 Å². The van der Waals surface area contributed by atoms with Crippen molar-refractivity contribution in [1.29, 1.82) is 0 Å². The Hall–Kier alpha value is -1.36. The summed E-state index contributed by atoms with van der Waals surface area (Å²) in [6.07, 6.45) is 1.67. The van der Waals surface area contributed by atoms with Crippen LogP contribution in [0.5, 0.6) is 0 Å². The normalized spacial score (nSPS) is 11.9. The first-order valence-corrected chi connectivity index (χ1v) is 7.32. The van der Waals surface area contributed by atoms with E-state index in [2.05, 4.69) is 24.3 Å². The zero-order valence-corrected chi connectivity index (χ0v) is 13.2. The van der Waals surface area contributed by atoms with Crippen molar-refractivity contribution in [2.75, 3.05) is 13.2 Å². The van der Waals surface area contributed by atoms with Crippen molar-refractivity contribution in [2.45, 2.75) is 46.5 Å². The second-order valence-corrected chi connectivity index (χ2v) is 5.78. The molecule has 0 radical (unpaired) electrons. The zero-order chi connectivity index (χ0) is 15.3. The maximum absolute atomic E-state index is 12.2. The molecular formula is C15H27N3O2. The van der Waals surface area contributed by atoms with Crippen molar-refractivity contribution in [2.24, 2.45) is 12.5 Å². The highest BCUT2D eigenvalue weighted by molar-refractivity contribution is 5.92. The summed E-state index contributed by atoms with van der Waals surface area (Å²) in [6, 6.07) is 1.83. The number of rotatable bonds is 7. The molecule has 1 amide bonds. The second-order valence-electron chi connectivity index (χ2n) is 5.78. The van der Waals surface area contributed by atoms with Crippen molar-refractivity contribution >= 4 is 5.91 Å². The summed E-state index contributed by atoms with van der Waals surface area (Å²) < 4.78 is 1.61. The molecular weight excluding hydrogens is 254 g/mol. The highest BCUT2D eigenvalue weighted by Crippen LogP contribution is 2.24. The number of nitrogens with zero attached hydrogens (tertiary/aromatic N) is 2. The minimum atomic E-state index is -0.227. The van der Waals surface area contributed by atoms with Gasteiger partial charge in [0, 0.05) is 19.0 Å². The lowest BCUT2D eigenvalue weighted by Gasteiger charge is -2.29. The van der Waals surface area contributed by atoms with Crippen LogP contribution in [0, 0.1) is 5.41 Å². The Bertz CT molecular complexity index is 440. The Kier molecular flexibility index (Phi) is 5.74. The van der Waals surface area contributed by atoms with Gasteiger partial charge in [-0.25, -0.2) is 0 Å². The van der Waals surface area contributed by atoms with Gasteiger partial charge < -0.3 is 10.4 Å². The highest BCUT2D eigenvalue weighted by Gasteiger charge is 2.26. The van der Waals surface area contributed by atoms with E-state index in [1.54, 1.807) is 11.7 Å². The number of nitrogens with one attached hydrogen (secondary N) is 1. The first-order valence-electron chi connectivity index (χ1n) is 7.32. The fraction of sp³-hybridized carbons (Fsp3) is 0.733. The average Bonchev–Trinajstić information content (AvgIpc) is 2.83. The number of aryl methyl sites for hydroxylation is 1. The zero-order valence-electron chi connectivity index (χ0n) is 13.2. The van der Waals surface area contributed by atoms with Crippen LogP contribution in [0.15, 0.2) is 6.07 Å². The fourth-order valence-electron chi connectivity index (χ4n) is 2.12. The van der Waals surface area contributed by atoms with E-state index in [1.807, 2.05) is 19.9 Å². The van der Waals surface area contributed by atoms with Crippen LogP contribution in [0.25, 0.3) is 0 Å². The molecule has 1 rings (SSSR count). The number of hydrogen-bond acceptors (Lipinski definition) is 3. The van der Waals surface area contributed by atoms with Crippen molar-refractivity contribution < 1.29 is 9.90 Å². The van der Waals surface area contributed by atoms with E-state index in [-0.39, 0.29) is 17.9 Å². The van der Waals surface area contributed by atoms with Gasteiger partial charge in [0.15, 0.2) is 0 Å². The van der Waals surface area contributed by atoms with Gasteiger partial charge in [0.05, 0.1) is 12.3 Å². The quantitative estimate of drug-likeness (QED) is 0.804. The van der Waals surface area contributed by atoms with Crippen LogP contribution in [0.2, 0.25) is 0 Å². The van der Waals surface area contributed by atoms with Crippen LogP contribution in [-0.4, -0.2) is 33.9 Å². The van der Waals surface area contributed by atoms with Crippen molar-refractivity contribution in [1.82, 2.24) is 15.1 Å². The van der Waals surface area contributed by atoms with Gasteiger partial charge in [-0.3, -0.25) is 9.48 Å². The third-order valence-electron chi connectivity index (χ3n) is 4.18. The number of aliphatic hydroxyl groups excluding tert-OH is 1. The standard InChI is InChI=1S/C15H27N3O2/c1-6-15(7-2,10-19)9-16-14(20)13-8-12(11(3)4)17-18(13)5/h8,11,19H,6-7,9-10H2,1-5H3,(H,16,20). The summed E-state index contributed by atoms with van der Waals surface area (Å²) >= 11 is 0. The number of aliphatic hydroxyl groups is 1. The van der Waals surface area contributed by atoms with E-state index in [9.17, 15) is 9.90 Å². The lowest BCUT2D eigenvalue weighted by Crippen LogP contribution is -2.39. The third kappa shape index (κ3) is 3.60. The predicted molar refractivity (Wildman–Crippen MR) is 79.7 cm³/mol. The van der Waals surface area contributed by atoms with Gasteiger partial charge >= 0.3 is 0 Å². The molecule has 0 saturated carbocycles. The van der Waals surface area contributed by atoms with Crippen molar-refractivity contribution in [3.63, 3.8) is 0 Å². The van der Waals surface area contributed by atoms with Gasteiger partial charge in [-0.1, -0.05) is 27.7 Å². The maximum Gasteiger partial charge on any atom is 0.269 e. The number of aromatic nitrogens is 2. The molecule has 5 heteroatoms. The Morgan fingerprint density at radius 3 is 2.45 bits per heavy atom. The van der Waals surface area contributed by atoms with Gasteiger partial charge in [-0.15, -0.1) is 0 Å². The topological polar surface area (TPSA) is 67.2 Å². The van der Waals surface area contributed by atoms with E-state index in [1.165, 1.54) is 0 Å². The predicted octanol–water partition coefficient (Wildman–Crippen LogP) is 2.07. The van der Waals surface area contributed by atoms with E-state index >= 15 is 0 Å². The minimum Gasteiger partial charge on any atom is -0.396 e. The van der Waals surface area contributed by atoms with Crippen LogP contribution in [0.3, 0.4) is 0 Å². The third-order valence-corrected chi connectivity index (χ3v) is 4.18. The molecule has 0 aliphatic carbocycles. The Balaban J connectivity index is 2.77. The van der Waals surface area contributed by atoms with E-state index in [4.69, 9.17) is 0 Å². The van der Waals surface area contributed by atoms with Gasteiger partial charge in [0.2, 0.25) is 0 Å². The molecule has 0 fully saturated rings. The average molecular weight is 281 g/mol. The molecule has 0 aliphatic rings. The molecule has 114 valence electrons. The van der Waals surface area contributed by atoms with Crippen molar-refractivity contribution in [3.8, 4) is 0 Å². The molecule has 1 heterocycles. The Morgan fingerprint density at radius 1 is 1.45 bits per heavy atom. The molecule has 0 aromatic carbocycles. The van der Waals surface area contributed by atoms with Crippen LogP contribution in [0.1, 0.15) is 62.6 Å². The summed E-state index contributed by atoms with van der Waals surface area (Å²) in [6.45, 7) is 8.74. The molecule has 0 bridgehead atoms. The summed E-state index contributed by atoms with van der Waals surface area (Å²) in [5.41, 5.74) is 1.25. The van der Waals surface area contributed by atoms with E-state index < -0.39 is 0 Å². The van der Waals surface area contributed by atoms with E-state index in [0.717, 1.165) is 18.5 Å². The monoisotopic (exact) mass is 281 g/mol. The van der Waals surface area contributed by atoms with Gasteiger partial charge in [0.1, 0.15) is 5.69 Å². The van der Waals surface area contributed by atoms with Gasteiger partial charge in [-0.05, 0) is 24.8 Å². The summed E-state index contributed by atoms with van der Waals surface area (Å²) in [7, 11) is 1.78. The molecule has 2 N–H and O–H groups in total. The lowest BCUT2D eigenvalue weighted by atomic mass is 9.83. The second kappa shape index (κ2) is 6.88. The van der Waals surface area contributed by atoms with Crippen molar-refractivity contribution in [3.05, 3.63) is 17.5 Å². The largest absolute Gasteiger partial charge is 0.396 e. The lowest BCUT2D eigenvalue weighted by molar-refractivity contribution is 0.0843. The molecule has 5 nitrogen and oxygen atoms in total. The number of hydrogen-bond donors (Lipinski definition) is 2. The minimum absolute atomic E-state index is 0.0862. The summed E-state index contributed by atoms with van der Waals surface area (Å²) in [5, 5.41) is 16.8.